The second kappa shape index (κ2) is 9.46. The number of nitrogens with one attached hydrogen (secondary N) is 1. The van der Waals surface area contributed by atoms with Gasteiger partial charge in [0, 0.05) is 6.07 Å². The second-order valence-corrected chi connectivity index (χ2v) is 7.54. The van der Waals surface area contributed by atoms with E-state index in [1.165, 1.54) is 40.4 Å². The Bertz CT molecular complexity index is 1050. The Hall–Kier alpha value is -3.31. The molecule has 3 N–H and O–H groups in total. The molecule has 10 nitrogen and oxygen atoms in total. The number of sulfonamides is 1. The summed E-state index contributed by atoms with van der Waals surface area (Å²) in [5.74, 6) is -0.692. The van der Waals surface area contributed by atoms with Crippen molar-refractivity contribution in [2.45, 2.75) is 17.9 Å². The first-order valence-electron chi connectivity index (χ1n) is 8.55. The molecule has 2 aromatic rings. The first-order chi connectivity index (χ1) is 14.1. The summed E-state index contributed by atoms with van der Waals surface area (Å²) in [4.78, 5) is 24.5. The van der Waals surface area contributed by atoms with Crippen LogP contribution in [0.5, 0.6) is 17.2 Å². The van der Waals surface area contributed by atoms with Crippen molar-refractivity contribution in [2.75, 3.05) is 26.6 Å². The molecular weight excluding hydrogens is 416 g/mol. The van der Waals surface area contributed by atoms with Crippen molar-refractivity contribution in [1.82, 2.24) is 0 Å². The van der Waals surface area contributed by atoms with Gasteiger partial charge < -0.3 is 24.3 Å². The quantitative estimate of drug-likeness (QED) is 0.591. The normalized spacial score (nSPS) is 11.9. The smallest absolute Gasteiger partial charge is 0.338 e. The number of amides is 1. The SMILES string of the molecule is COc1ccc(OC)c(NC(=O)C(C)OC(=O)c2ccc(OC)c(S(N)(=O)=O)c2)c1. The Labute approximate surface area is 173 Å². The van der Waals surface area contributed by atoms with Gasteiger partial charge in [0.05, 0.1) is 32.6 Å². The van der Waals surface area contributed by atoms with Crippen molar-refractivity contribution in [3.05, 3.63) is 42.0 Å². The number of hydrogen-bond acceptors (Lipinski definition) is 8. The van der Waals surface area contributed by atoms with E-state index < -0.39 is 28.0 Å². The molecule has 1 atom stereocenters. The zero-order valence-electron chi connectivity index (χ0n) is 16.8. The van der Waals surface area contributed by atoms with Crippen LogP contribution in [0.25, 0.3) is 0 Å². The van der Waals surface area contributed by atoms with Gasteiger partial charge in [0.25, 0.3) is 5.91 Å². The van der Waals surface area contributed by atoms with E-state index in [1.54, 1.807) is 18.2 Å². The molecule has 0 saturated carbocycles. The van der Waals surface area contributed by atoms with E-state index in [0.717, 1.165) is 6.07 Å². The summed E-state index contributed by atoms with van der Waals surface area (Å²) in [5, 5.41) is 7.73. The minimum atomic E-state index is -4.14. The Morgan fingerprint density at radius 2 is 1.60 bits per heavy atom. The predicted molar refractivity (Wildman–Crippen MR) is 107 cm³/mol. The first kappa shape index (κ1) is 23.0. The summed E-state index contributed by atoms with van der Waals surface area (Å²) in [6.45, 7) is 1.37. The number of carbonyl (C=O) groups excluding carboxylic acids is 2. The fraction of sp³-hybridized carbons (Fsp3) is 0.263. The minimum absolute atomic E-state index is 0.0232. The lowest BCUT2D eigenvalue weighted by Gasteiger charge is -2.16. The van der Waals surface area contributed by atoms with E-state index in [-0.39, 0.29) is 16.2 Å². The van der Waals surface area contributed by atoms with E-state index in [0.29, 0.717) is 17.2 Å². The predicted octanol–water partition coefficient (Wildman–Crippen LogP) is 1.54. The minimum Gasteiger partial charge on any atom is -0.497 e. The second-order valence-electron chi connectivity index (χ2n) is 6.01. The Morgan fingerprint density at radius 1 is 0.967 bits per heavy atom. The van der Waals surface area contributed by atoms with E-state index in [9.17, 15) is 18.0 Å². The molecule has 0 saturated heterocycles. The summed E-state index contributed by atoms with van der Waals surface area (Å²) in [5.41, 5.74) is 0.212. The van der Waals surface area contributed by atoms with Gasteiger partial charge in [0.2, 0.25) is 10.0 Å². The highest BCUT2D eigenvalue weighted by atomic mass is 32.2. The first-order valence-corrected chi connectivity index (χ1v) is 10.1. The van der Waals surface area contributed by atoms with Gasteiger partial charge in [-0.2, -0.15) is 0 Å². The van der Waals surface area contributed by atoms with Gasteiger partial charge >= 0.3 is 5.97 Å². The fourth-order valence-electron chi connectivity index (χ4n) is 2.45. The molecule has 0 bridgehead atoms. The topological polar surface area (TPSA) is 143 Å². The van der Waals surface area contributed by atoms with Crippen molar-refractivity contribution < 1.29 is 37.0 Å². The summed E-state index contributed by atoms with van der Waals surface area (Å²) in [7, 11) is 0.0387. The number of ether oxygens (including phenoxy) is 4. The van der Waals surface area contributed by atoms with Crippen LogP contribution in [-0.4, -0.2) is 47.7 Å². The average Bonchev–Trinajstić information content (AvgIpc) is 2.72. The van der Waals surface area contributed by atoms with Crippen LogP contribution in [0.3, 0.4) is 0 Å². The maximum atomic E-state index is 12.5. The largest absolute Gasteiger partial charge is 0.497 e. The van der Waals surface area contributed by atoms with Crippen LogP contribution in [0.4, 0.5) is 5.69 Å². The third-order valence-corrected chi connectivity index (χ3v) is 4.96. The maximum absolute atomic E-state index is 12.5. The Morgan fingerprint density at radius 3 is 2.17 bits per heavy atom. The van der Waals surface area contributed by atoms with E-state index in [1.807, 2.05) is 0 Å². The van der Waals surface area contributed by atoms with Gasteiger partial charge in [-0.3, -0.25) is 4.79 Å². The fourth-order valence-corrected chi connectivity index (χ4v) is 3.18. The number of esters is 1. The molecule has 11 heteroatoms. The van der Waals surface area contributed by atoms with E-state index >= 15 is 0 Å². The van der Waals surface area contributed by atoms with E-state index in [2.05, 4.69) is 5.32 Å². The van der Waals surface area contributed by atoms with Gasteiger partial charge in [0.1, 0.15) is 22.1 Å². The Kier molecular flexibility index (Phi) is 7.24. The number of anilines is 1. The third kappa shape index (κ3) is 5.39. The van der Waals surface area contributed by atoms with Crippen molar-refractivity contribution in [3.63, 3.8) is 0 Å². The van der Waals surface area contributed by atoms with Crippen LogP contribution >= 0.6 is 0 Å². The molecule has 162 valence electrons. The average molecular weight is 438 g/mol. The highest BCUT2D eigenvalue weighted by Crippen LogP contribution is 2.29. The summed E-state index contributed by atoms with van der Waals surface area (Å²) in [6.07, 6.45) is -1.20. The molecule has 2 rings (SSSR count). The molecule has 0 aliphatic rings. The lowest BCUT2D eigenvalue weighted by atomic mass is 10.2. The molecule has 0 radical (unpaired) electrons. The molecule has 2 aromatic carbocycles. The van der Waals surface area contributed by atoms with Crippen LogP contribution in [-0.2, 0) is 19.6 Å². The molecule has 1 unspecified atom stereocenters. The number of nitrogens with two attached hydrogens (primary N) is 1. The number of methoxy groups -OCH3 is 3. The highest BCUT2D eigenvalue weighted by molar-refractivity contribution is 7.89. The maximum Gasteiger partial charge on any atom is 0.338 e. The summed E-state index contributed by atoms with van der Waals surface area (Å²) in [6, 6.07) is 8.40. The van der Waals surface area contributed by atoms with E-state index in [4.69, 9.17) is 24.1 Å². The monoisotopic (exact) mass is 438 g/mol. The summed E-state index contributed by atoms with van der Waals surface area (Å²) < 4.78 is 43.8. The number of primary sulfonamides is 1. The van der Waals surface area contributed by atoms with Crippen LogP contribution in [0.15, 0.2) is 41.3 Å². The number of benzene rings is 2. The van der Waals surface area contributed by atoms with Gasteiger partial charge in [0.15, 0.2) is 6.10 Å². The Balaban J connectivity index is 2.17. The molecule has 0 aromatic heterocycles. The zero-order chi connectivity index (χ0) is 22.5. The molecule has 0 fully saturated rings. The molecular formula is C19H22N2O8S. The standard InChI is InChI=1S/C19H22N2O8S/c1-11(18(22)21-14-10-13(26-2)6-8-15(14)27-3)29-19(23)12-5-7-16(28-4)17(9-12)30(20,24)25/h5-11H,1-4H3,(H,21,22)(H2,20,24,25). The molecule has 0 spiro atoms. The zero-order valence-corrected chi connectivity index (χ0v) is 17.6. The van der Waals surface area contributed by atoms with Crippen molar-refractivity contribution in [1.29, 1.82) is 0 Å². The van der Waals surface area contributed by atoms with Gasteiger partial charge in [-0.25, -0.2) is 18.4 Å². The van der Waals surface area contributed by atoms with Gasteiger partial charge in [-0.15, -0.1) is 0 Å². The summed E-state index contributed by atoms with van der Waals surface area (Å²) >= 11 is 0. The van der Waals surface area contributed by atoms with Crippen LogP contribution < -0.4 is 24.7 Å². The van der Waals surface area contributed by atoms with Crippen LogP contribution in [0.2, 0.25) is 0 Å². The van der Waals surface area contributed by atoms with Crippen molar-refractivity contribution in [3.8, 4) is 17.2 Å². The number of rotatable bonds is 8. The van der Waals surface area contributed by atoms with Gasteiger partial charge in [-0.1, -0.05) is 0 Å². The van der Waals surface area contributed by atoms with Crippen LogP contribution in [0, 0.1) is 0 Å². The lowest BCUT2D eigenvalue weighted by molar-refractivity contribution is -0.123. The third-order valence-electron chi connectivity index (χ3n) is 4.02. The number of hydrogen-bond donors (Lipinski definition) is 2. The molecule has 30 heavy (non-hydrogen) atoms. The highest BCUT2D eigenvalue weighted by Gasteiger charge is 2.23. The lowest BCUT2D eigenvalue weighted by Crippen LogP contribution is -2.30. The van der Waals surface area contributed by atoms with Gasteiger partial charge in [-0.05, 0) is 37.3 Å². The molecule has 0 aliphatic carbocycles. The molecule has 0 aliphatic heterocycles. The van der Waals surface area contributed by atoms with Crippen LogP contribution in [0.1, 0.15) is 17.3 Å². The molecule has 1 amide bonds. The van der Waals surface area contributed by atoms with Crippen molar-refractivity contribution in [2.24, 2.45) is 5.14 Å². The number of carbonyl (C=O) groups is 2. The van der Waals surface area contributed by atoms with Crippen molar-refractivity contribution >= 4 is 27.6 Å². The molecule has 0 heterocycles.